The Hall–Kier alpha value is -3.74. The predicted octanol–water partition coefficient (Wildman–Crippen LogP) is 3.92. The molecule has 4 rings (SSSR count). The lowest BCUT2D eigenvalue weighted by Crippen LogP contribution is -2.19. The zero-order valence-corrected chi connectivity index (χ0v) is 17.4. The Morgan fingerprint density at radius 1 is 1.00 bits per heavy atom. The lowest BCUT2D eigenvalue weighted by Gasteiger charge is -2.08. The van der Waals surface area contributed by atoms with Crippen LogP contribution in [0, 0.1) is 13.8 Å². The molecule has 0 bridgehead atoms. The number of furan rings is 1. The molecule has 0 saturated carbocycles. The van der Waals surface area contributed by atoms with Gasteiger partial charge in [-0.15, -0.1) is 0 Å². The lowest BCUT2D eigenvalue weighted by atomic mass is 10.1. The molecule has 1 amide bonds. The van der Waals surface area contributed by atoms with Gasteiger partial charge in [0.15, 0.2) is 5.76 Å². The van der Waals surface area contributed by atoms with Crippen LogP contribution < -0.4 is 15.7 Å². The number of aryl methyl sites for hydroxylation is 4. The molecule has 2 heterocycles. The van der Waals surface area contributed by atoms with E-state index in [9.17, 15) is 9.59 Å². The minimum atomic E-state index is -0.368. The summed E-state index contributed by atoms with van der Waals surface area (Å²) in [6.07, 6.45) is 0. The van der Waals surface area contributed by atoms with E-state index in [2.05, 4.69) is 11.4 Å². The highest BCUT2D eigenvalue weighted by Crippen LogP contribution is 2.22. The number of benzene rings is 2. The molecule has 0 fully saturated rings. The maximum atomic E-state index is 12.6. The maximum Gasteiger partial charge on any atom is 0.328 e. The van der Waals surface area contributed by atoms with Gasteiger partial charge in [-0.1, -0.05) is 17.7 Å². The molecule has 2 aromatic heterocycles. The molecular formula is C23H23N3O4. The van der Waals surface area contributed by atoms with Gasteiger partial charge < -0.3 is 14.5 Å². The molecule has 1 N–H and O–H groups in total. The van der Waals surface area contributed by atoms with Gasteiger partial charge in [-0.05, 0) is 55.8 Å². The third kappa shape index (κ3) is 3.61. The van der Waals surface area contributed by atoms with Crippen LogP contribution in [0.3, 0.4) is 0 Å². The first-order valence-electron chi connectivity index (χ1n) is 9.59. The van der Waals surface area contributed by atoms with Crippen LogP contribution >= 0.6 is 0 Å². The molecule has 0 atom stereocenters. The number of carbonyl (C=O) groups is 1. The van der Waals surface area contributed by atoms with E-state index < -0.39 is 0 Å². The van der Waals surface area contributed by atoms with E-state index in [0.717, 1.165) is 22.3 Å². The average Bonchev–Trinajstić information content (AvgIpc) is 3.27. The number of rotatable bonds is 5. The number of fused-ring (bicyclic) bond motifs is 1. The van der Waals surface area contributed by atoms with Crippen LogP contribution in [-0.2, 0) is 20.7 Å². The lowest BCUT2D eigenvalue weighted by molar-refractivity contribution is 0.0992. The highest BCUT2D eigenvalue weighted by atomic mass is 16.5. The van der Waals surface area contributed by atoms with Crippen LogP contribution in [0.2, 0.25) is 0 Å². The quantitative estimate of drug-likeness (QED) is 0.546. The summed E-state index contributed by atoms with van der Waals surface area (Å²) in [5, 5.41) is 2.81. The van der Waals surface area contributed by atoms with E-state index in [-0.39, 0.29) is 24.0 Å². The Labute approximate surface area is 173 Å². The van der Waals surface area contributed by atoms with Gasteiger partial charge in [0.2, 0.25) is 0 Å². The molecule has 0 spiro atoms. The number of anilines is 1. The standard InChI is InChI=1S/C23H23N3O4/c1-14-5-9-20(15(2)11-14)29-13-17-7-10-21(30-17)22(27)24-16-6-8-18-19(12-16)26(4)23(28)25(18)3/h5-12H,13H2,1-4H3,(H,24,27). The molecule has 30 heavy (non-hydrogen) atoms. The van der Waals surface area contributed by atoms with E-state index in [1.165, 1.54) is 5.56 Å². The monoisotopic (exact) mass is 405 g/mol. The van der Waals surface area contributed by atoms with Crippen molar-refractivity contribution in [2.75, 3.05) is 5.32 Å². The Balaban J connectivity index is 1.46. The zero-order chi connectivity index (χ0) is 21.4. The van der Waals surface area contributed by atoms with Gasteiger partial charge in [0.05, 0.1) is 11.0 Å². The van der Waals surface area contributed by atoms with Gasteiger partial charge in [0.25, 0.3) is 5.91 Å². The maximum absolute atomic E-state index is 12.6. The number of aromatic nitrogens is 2. The van der Waals surface area contributed by atoms with Gasteiger partial charge >= 0.3 is 5.69 Å². The number of hydrogen-bond donors (Lipinski definition) is 1. The van der Waals surface area contributed by atoms with Gasteiger partial charge in [0.1, 0.15) is 18.1 Å². The highest BCUT2D eigenvalue weighted by molar-refractivity contribution is 6.03. The summed E-state index contributed by atoms with van der Waals surface area (Å²) in [7, 11) is 3.41. The first kappa shape index (κ1) is 19.6. The molecule has 0 aliphatic heterocycles. The fourth-order valence-electron chi connectivity index (χ4n) is 3.46. The molecule has 4 aromatic rings. The van der Waals surface area contributed by atoms with Crippen molar-refractivity contribution in [1.29, 1.82) is 0 Å². The Bertz CT molecular complexity index is 1310. The van der Waals surface area contributed by atoms with Crippen LogP contribution in [0.5, 0.6) is 5.75 Å². The van der Waals surface area contributed by atoms with Crippen LogP contribution in [0.15, 0.2) is 57.7 Å². The van der Waals surface area contributed by atoms with E-state index in [1.807, 2.05) is 26.0 Å². The van der Waals surface area contributed by atoms with Crippen molar-refractivity contribution in [2.24, 2.45) is 14.1 Å². The van der Waals surface area contributed by atoms with Crippen LogP contribution in [0.25, 0.3) is 11.0 Å². The van der Waals surface area contributed by atoms with E-state index in [1.54, 1.807) is 53.6 Å². The summed E-state index contributed by atoms with van der Waals surface area (Å²) in [6.45, 7) is 4.25. The summed E-state index contributed by atoms with van der Waals surface area (Å²) in [5.41, 5.74) is 4.22. The average molecular weight is 405 g/mol. The number of hydrogen-bond acceptors (Lipinski definition) is 4. The van der Waals surface area contributed by atoms with Crippen molar-refractivity contribution in [1.82, 2.24) is 9.13 Å². The molecule has 0 unspecified atom stereocenters. The van der Waals surface area contributed by atoms with Gasteiger partial charge in [-0.3, -0.25) is 13.9 Å². The molecule has 7 nitrogen and oxygen atoms in total. The van der Waals surface area contributed by atoms with E-state index in [0.29, 0.717) is 11.4 Å². The van der Waals surface area contributed by atoms with Crippen molar-refractivity contribution in [2.45, 2.75) is 20.5 Å². The second kappa shape index (κ2) is 7.59. The summed E-state index contributed by atoms with van der Waals surface area (Å²) in [5.74, 6) is 1.16. The van der Waals surface area contributed by atoms with Crippen molar-refractivity contribution in [3.8, 4) is 5.75 Å². The fraction of sp³-hybridized carbons (Fsp3) is 0.217. The summed E-state index contributed by atoms with van der Waals surface area (Å²) < 4.78 is 14.6. The third-order valence-corrected chi connectivity index (χ3v) is 5.12. The number of amides is 1. The second-order valence-electron chi connectivity index (χ2n) is 7.38. The normalized spacial score (nSPS) is 11.1. The Kier molecular flexibility index (Phi) is 4.95. The first-order valence-corrected chi connectivity index (χ1v) is 9.59. The van der Waals surface area contributed by atoms with Crippen molar-refractivity contribution in [3.05, 3.63) is 81.7 Å². The Morgan fingerprint density at radius 2 is 1.77 bits per heavy atom. The zero-order valence-electron chi connectivity index (χ0n) is 17.4. The SMILES string of the molecule is Cc1ccc(OCc2ccc(C(=O)Nc3ccc4c(c3)n(C)c(=O)n4C)o2)c(C)c1. The minimum absolute atomic E-state index is 0.118. The Morgan fingerprint density at radius 3 is 2.53 bits per heavy atom. The number of nitrogens with zero attached hydrogens (tertiary/aromatic N) is 2. The van der Waals surface area contributed by atoms with Gasteiger partial charge in [0, 0.05) is 19.8 Å². The largest absolute Gasteiger partial charge is 0.485 e. The van der Waals surface area contributed by atoms with Crippen molar-refractivity contribution < 1.29 is 13.9 Å². The summed E-state index contributed by atoms with van der Waals surface area (Å²) in [4.78, 5) is 24.6. The molecule has 7 heteroatoms. The summed E-state index contributed by atoms with van der Waals surface area (Å²) in [6, 6.07) is 14.6. The van der Waals surface area contributed by atoms with Crippen LogP contribution in [-0.4, -0.2) is 15.0 Å². The molecule has 0 aliphatic carbocycles. The smallest absolute Gasteiger partial charge is 0.328 e. The third-order valence-electron chi connectivity index (χ3n) is 5.12. The minimum Gasteiger partial charge on any atom is -0.485 e. The van der Waals surface area contributed by atoms with Crippen LogP contribution in [0.1, 0.15) is 27.4 Å². The van der Waals surface area contributed by atoms with E-state index >= 15 is 0 Å². The number of ether oxygens (including phenoxy) is 1. The molecule has 154 valence electrons. The molecule has 0 saturated heterocycles. The van der Waals surface area contributed by atoms with Gasteiger partial charge in [-0.25, -0.2) is 4.79 Å². The van der Waals surface area contributed by atoms with Crippen molar-refractivity contribution >= 4 is 22.6 Å². The molecular weight excluding hydrogens is 382 g/mol. The van der Waals surface area contributed by atoms with Gasteiger partial charge in [-0.2, -0.15) is 0 Å². The highest BCUT2D eigenvalue weighted by Gasteiger charge is 2.14. The second-order valence-corrected chi connectivity index (χ2v) is 7.38. The number of imidazole rings is 1. The predicted molar refractivity (Wildman–Crippen MR) is 115 cm³/mol. The number of nitrogens with one attached hydrogen (secondary N) is 1. The molecule has 2 aromatic carbocycles. The van der Waals surface area contributed by atoms with Crippen molar-refractivity contribution in [3.63, 3.8) is 0 Å². The molecule has 0 aliphatic rings. The number of carbonyl (C=O) groups excluding carboxylic acids is 1. The topological polar surface area (TPSA) is 78.4 Å². The summed E-state index contributed by atoms with van der Waals surface area (Å²) >= 11 is 0. The molecule has 0 radical (unpaired) electrons. The fourth-order valence-corrected chi connectivity index (χ4v) is 3.46. The van der Waals surface area contributed by atoms with Crippen LogP contribution in [0.4, 0.5) is 5.69 Å². The van der Waals surface area contributed by atoms with E-state index in [4.69, 9.17) is 9.15 Å². The first-order chi connectivity index (χ1) is 14.3.